The molecule has 2 aromatic rings. The van der Waals surface area contributed by atoms with Crippen LogP contribution in [0.25, 0.3) is 17.2 Å². The number of fused-ring (bicyclic) bond motifs is 1. The third-order valence-electron chi connectivity index (χ3n) is 5.26. The number of amides is 1. The van der Waals surface area contributed by atoms with E-state index in [0.717, 1.165) is 24.2 Å². The topological polar surface area (TPSA) is 29.5 Å². The number of nitrogens with zero attached hydrogens (tertiary/aromatic N) is 1. The Balaban J connectivity index is 1.52. The van der Waals surface area contributed by atoms with Crippen LogP contribution in [-0.4, -0.2) is 29.5 Å². The largest absolute Gasteiger partial charge is 0.482 e. The molecule has 1 spiro atoms. The van der Waals surface area contributed by atoms with Gasteiger partial charge in [0.15, 0.2) is 0 Å². The molecule has 4 rings (SSSR count). The first-order valence-electron chi connectivity index (χ1n) is 9.09. The van der Waals surface area contributed by atoms with E-state index in [-0.39, 0.29) is 11.5 Å². The second kappa shape index (κ2) is 6.49. The summed E-state index contributed by atoms with van der Waals surface area (Å²) in [5.74, 6) is 0.972. The molecule has 0 bridgehead atoms. The van der Waals surface area contributed by atoms with Crippen LogP contribution < -0.4 is 4.74 Å². The molecule has 0 aromatic heterocycles. The Kier molecular flexibility index (Phi) is 4.15. The van der Waals surface area contributed by atoms with Gasteiger partial charge in [0, 0.05) is 37.1 Å². The van der Waals surface area contributed by atoms with Gasteiger partial charge in [-0.05, 0) is 36.3 Å². The summed E-state index contributed by atoms with van der Waals surface area (Å²) in [7, 11) is 0. The summed E-state index contributed by atoms with van der Waals surface area (Å²) < 4.78 is 6.39. The molecule has 2 aromatic carbocycles. The van der Waals surface area contributed by atoms with E-state index in [1.165, 1.54) is 11.1 Å². The number of carbonyl (C=O) groups is 1. The summed E-state index contributed by atoms with van der Waals surface area (Å²) in [4.78, 5) is 14.0. The van der Waals surface area contributed by atoms with Crippen LogP contribution in [0.5, 0.6) is 5.75 Å². The number of piperidine rings is 1. The maximum Gasteiger partial charge on any atom is 0.248 e. The Bertz CT molecular complexity index is 874. The Hall–Kier alpha value is -2.81. The highest BCUT2D eigenvalue weighted by atomic mass is 16.5. The van der Waals surface area contributed by atoms with Gasteiger partial charge in [-0.1, -0.05) is 49.1 Å². The zero-order chi connectivity index (χ0) is 18.1. The molecular weight excluding hydrogens is 322 g/mol. The van der Waals surface area contributed by atoms with Gasteiger partial charge in [0.1, 0.15) is 11.4 Å². The molecule has 0 unspecified atom stereocenters. The third-order valence-corrected chi connectivity index (χ3v) is 5.26. The third kappa shape index (κ3) is 3.05. The Labute approximate surface area is 154 Å². The second-order valence-electron chi connectivity index (χ2n) is 7.19. The van der Waals surface area contributed by atoms with Gasteiger partial charge < -0.3 is 9.64 Å². The van der Waals surface area contributed by atoms with Gasteiger partial charge in [-0.15, -0.1) is 0 Å². The summed E-state index contributed by atoms with van der Waals surface area (Å²) >= 11 is 0. The predicted octanol–water partition coefficient (Wildman–Crippen LogP) is 4.70. The average Bonchev–Trinajstić information content (AvgIpc) is 2.68. The van der Waals surface area contributed by atoms with Gasteiger partial charge in [-0.2, -0.15) is 0 Å². The smallest absolute Gasteiger partial charge is 0.248 e. The van der Waals surface area contributed by atoms with Gasteiger partial charge in [0.05, 0.1) is 0 Å². The van der Waals surface area contributed by atoms with Crippen LogP contribution in [0.2, 0.25) is 0 Å². The van der Waals surface area contributed by atoms with Crippen molar-refractivity contribution < 1.29 is 9.53 Å². The quantitative estimate of drug-likeness (QED) is 0.739. The molecule has 0 N–H and O–H groups in total. The summed E-state index contributed by atoms with van der Waals surface area (Å²) in [6, 6.07) is 16.7. The van der Waals surface area contributed by atoms with Gasteiger partial charge in [0.25, 0.3) is 0 Å². The van der Waals surface area contributed by atoms with Crippen molar-refractivity contribution in [2.75, 3.05) is 13.1 Å². The lowest BCUT2D eigenvalue weighted by Crippen LogP contribution is -2.49. The maximum absolute atomic E-state index is 12.1. The Morgan fingerprint density at radius 3 is 2.50 bits per heavy atom. The first-order chi connectivity index (χ1) is 12.6. The van der Waals surface area contributed by atoms with E-state index in [2.05, 4.69) is 61.2 Å². The standard InChI is InChI=1S/C23H23NO2/c1-17(2)22(25)24-14-12-23(13-15-24)11-10-20-16-19(8-9-21(20)26-23)18-6-4-3-5-7-18/h3-11,16H,1,12-15H2,2H3. The molecule has 0 saturated carbocycles. The molecule has 2 heterocycles. The van der Waals surface area contributed by atoms with Crippen LogP contribution >= 0.6 is 0 Å². The summed E-state index contributed by atoms with van der Waals surface area (Å²) in [5.41, 5.74) is 3.80. The Morgan fingerprint density at radius 1 is 1.08 bits per heavy atom. The molecule has 3 heteroatoms. The first-order valence-corrected chi connectivity index (χ1v) is 9.09. The molecule has 0 radical (unpaired) electrons. The van der Waals surface area contributed by atoms with Crippen molar-refractivity contribution in [3.05, 3.63) is 72.3 Å². The highest BCUT2D eigenvalue weighted by Gasteiger charge is 2.37. The highest BCUT2D eigenvalue weighted by Crippen LogP contribution is 2.38. The van der Waals surface area contributed by atoms with Crippen molar-refractivity contribution in [1.29, 1.82) is 0 Å². The van der Waals surface area contributed by atoms with Gasteiger partial charge in [-0.25, -0.2) is 0 Å². The fourth-order valence-corrected chi connectivity index (χ4v) is 3.70. The van der Waals surface area contributed by atoms with Crippen LogP contribution in [0, 0.1) is 0 Å². The van der Waals surface area contributed by atoms with Gasteiger partial charge in [0.2, 0.25) is 5.91 Å². The molecule has 1 saturated heterocycles. The fourth-order valence-electron chi connectivity index (χ4n) is 3.70. The zero-order valence-electron chi connectivity index (χ0n) is 15.1. The van der Waals surface area contributed by atoms with Gasteiger partial charge >= 0.3 is 0 Å². The minimum Gasteiger partial charge on any atom is -0.482 e. The molecule has 0 atom stereocenters. The summed E-state index contributed by atoms with van der Waals surface area (Å²) in [5, 5.41) is 0. The van der Waals surface area contributed by atoms with E-state index in [0.29, 0.717) is 18.7 Å². The van der Waals surface area contributed by atoms with Crippen LogP contribution in [0.15, 0.2) is 66.8 Å². The molecule has 2 aliphatic heterocycles. The van der Waals surface area contributed by atoms with E-state index in [1.54, 1.807) is 6.92 Å². The molecule has 0 aliphatic carbocycles. The molecule has 132 valence electrons. The number of benzene rings is 2. The van der Waals surface area contributed by atoms with Crippen molar-refractivity contribution in [3.8, 4) is 16.9 Å². The SMILES string of the molecule is C=C(C)C(=O)N1CCC2(C=Cc3cc(-c4ccccc4)ccc3O2)CC1. The monoisotopic (exact) mass is 345 g/mol. The van der Waals surface area contributed by atoms with E-state index in [4.69, 9.17) is 4.74 Å². The highest BCUT2D eigenvalue weighted by molar-refractivity contribution is 5.92. The lowest BCUT2D eigenvalue weighted by molar-refractivity contribution is -0.129. The number of likely N-dealkylation sites (tertiary alicyclic amines) is 1. The first kappa shape index (κ1) is 16.6. The summed E-state index contributed by atoms with van der Waals surface area (Å²) in [6.45, 7) is 6.93. The lowest BCUT2D eigenvalue weighted by atomic mass is 9.87. The predicted molar refractivity (Wildman–Crippen MR) is 105 cm³/mol. The number of carbonyl (C=O) groups excluding carboxylic acids is 1. The number of rotatable bonds is 2. The number of hydrogen-bond donors (Lipinski definition) is 0. The van der Waals surface area contributed by atoms with Crippen molar-refractivity contribution in [3.63, 3.8) is 0 Å². The molecule has 1 fully saturated rings. The minimum absolute atomic E-state index is 0.0487. The zero-order valence-corrected chi connectivity index (χ0v) is 15.1. The molecular formula is C23H23NO2. The van der Waals surface area contributed by atoms with Gasteiger partial charge in [-0.3, -0.25) is 4.79 Å². The van der Waals surface area contributed by atoms with Crippen molar-refractivity contribution in [2.45, 2.75) is 25.4 Å². The second-order valence-corrected chi connectivity index (χ2v) is 7.19. The Morgan fingerprint density at radius 2 is 1.81 bits per heavy atom. The number of ether oxygens (including phenoxy) is 1. The van der Waals surface area contributed by atoms with Crippen LogP contribution in [-0.2, 0) is 4.79 Å². The lowest BCUT2D eigenvalue weighted by Gasteiger charge is -2.42. The van der Waals surface area contributed by atoms with E-state index >= 15 is 0 Å². The van der Waals surface area contributed by atoms with E-state index in [9.17, 15) is 4.79 Å². The molecule has 1 amide bonds. The fraction of sp³-hybridized carbons (Fsp3) is 0.261. The number of hydrogen-bond acceptors (Lipinski definition) is 2. The van der Waals surface area contributed by atoms with Crippen molar-refractivity contribution in [1.82, 2.24) is 4.90 Å². The maximum atomic E-state index is 12.1. The van der Waals surface area contributed by atoms with Crippen LogP contribution in [0.4, 0.5) is 0 Å². The van der Waals surface area contributed by atoms with Crippen LogP contribution in [0.3, 0.4) is 0 Å². The molecule has 3 nitrogen and oxygen atoms in total. The molecule has 2 aliphatic rings. The van der Waals surface area contributed by atoms with Crippen molar-refractivity contribution >= 4 is 12.0 Å². The van der Waals surface area contributed by atoms with Crippen molar-refractivity contribution in [2.24, 2.45) is 0 Å². The normalized spacial score (nSPS) is 17.5. The minimum atomic E-state index is -0.298. The van der Waals surface area contributed by atoms with Crippen LogP contribution in [0.1, 0.15) is 25.3 Å². The molecule has 26 heavy (non-hydrogen) atoms. The van der Waals surface area contributed by atoms with E-state index < -0.39 is 0 Å². The average molecular weight is 345 g/mol. The summed E-state index contributed by atoms with van der Waals surface area (Å²) in [6.07, 6.45) is 5.96. The van der Waals surface area contributed by atoms with E-state index in [1.807, 2.05) is 11.0 Å².